The first-order chi connectivity index (χ1) is 9.54. The van der Waals surface area contributed by atoms with Crippen molar-refractivity contribution < 1.29 is 9.53 Å². The molecular formula is C17H25NO2. The van der Waals surface area contributed by atoms with Gasteiger partial charge in [-0.15, -0.1) is 0 Å². The Morgan fingerprint density at radius 2 is 1.90 bits per heavy atom. The van der Waals surface area contributed by atoms with Gasteiger partial charge in [0, 0.05) is 12.0 Å². The highest BCUT2D eigenvalue weighted by molar-refractivity contribution is 5.90. The number of aryl methyl sites for hydroxylation is 1. The van der Waals surface area contributed by atoms with Crippen LogP contribution in [0.3, 0.4) is 0 Å². The molecule has 1 fully saturated rings. The molecule has 0 bridgehead atoms. The third-order valence-corrected chi connectivity index (χ3v) is 4.86. The van der Waals surface area contributed by atoms with Crippen LogP contribution in [0.15, 0.2) is 12.1 Å². The van der Waals surface area contributed by atoms with Gasteiger partial charge in [0.2, 0.25) is 0 Å². The molecule has 0 saturated heterocycles. The summed E-state index contributed by atoms with van der Waals surface area (Å²) >= 11 is 0. The van der Waals surface area contributed by atoms with Gasteiger partial charge in [-0.05, 0) is 55.5 Å². The summed E-state index contributed by atoms with van der Waals surface area (Å²) in [4.78, 5) is 11.9. The van der Waals surface area contributed by atoms with E-state index < -0.39 is 0 Å². The molecule has 3 heteroatoms. The lowest BCUT2D eigenvalue weighted by Crippen LogP contribution is -2.38. The van der Waals surface area contributed by atoms with Gasteiger partial charge in [-0.2, -0.15) is 0 Å². The van der Waals surface area contributed by atoms with E-state index in [0.717, 1.165) is 18.4 Å². The topological polar surface area (TPSA) is 52.3 Å². The normalized spacial score (nSPS) is 17.8. The number of hydrogen-bond acceptors (Lipinski definition) is 3. The van der Waals surface area contributed by atoms with E-state index in [1.807, 2.05) is 12.1 Å². The van der Waals surface area contributed by atoms with Gasteiger partial charge < -0.3 is 10.5 Å². The van der Waals surface area contributed by atoms with Crippen LogP contribution in [0.1, 0.15) is 59.2 Å². The molecular weight excluding hydrogens is 250 g/mol. The Hall–Kier alpha value is -1.35. The second-order valence-electron chi connectivity index (χ2n) is 6.00. The predicted octanol–water partition coefficient (Wildman–Crippen LogP) is 3.25. The van der Waals surface area contributed by atoms with Crippen LogP contribution in [-0.2, 0) is 10.2 Å². The number of hydrogen-bond donors (Lipinski definition) is 1. The number of ether oxygens (including phenoxy) is 1. The highest BCUT2D eigenvalue weighted by Crippen LogP contribution is 2.41. The van der Waals surface area contributed by atoms with Crippen molar-refractivity contribution in [1.29, 1.82) is 0 Å². The summed E-state index contributed by atoms with van der Waals surface area (Å²) in [5.41, 5.74) is 10.5. The molecule has 0 aliphatic heterocycles. The molecule has 0 radical (unpaired) electrons. The Kier molecular flexibility index (Phi) is 4.48. The van der Waals surface area contributed by atoms with Crippen LogP contribution >= 0.6 is 0 Å². The Labute approximate surface area is 121 Å². The average molecular weight is 275 g/mol. The number of carbonyl (C=O) groups is 1. The van der Waals surface area contributed by atoms with Crippen LogP contribution in [0, 0.1) is 13.8 Å². The number of esters is 1. The molecule has 2 N–H and O–H groups in total. The SMILES string of the molecule is COC(=O)c1cc(C)c(C)c(C2(CN)CCCCC2)c1. The maximum absolute atomic E-state index is 11.9. The second kappa shape index (κ2) is 5.96. The fraction of sp³-hybridized carbons (Fsp3) is 0.588. The molecule has 1 aliphatic carbocycles. The molecule has 20 heavy (non-hydrogen) atoms. The van der Waals surface area contributed by atoms with Crippen LogP contribution < -0.4 is 5.73 Å². The lowest BCUT2D eigenvalue weighted by atomic mass is 9.67. The first-order valence-corrected chi connectivity index (χ1v) is 7.44. The first-order valence-electron chi connectivity index (χ1n) is 7.44. The van der Waals surface area contributed by atoms with Crippen molar-refractivity contribution in [1.82, 2.24) is 0 Å². The van der Waals surface area contributed by atoms with Gasteiger partial charge in [0.1, 0.15) is 0 Å². The molecule has 1 aromatic rings. The smallest absolute Gasteiger partial charge is 0.337 e. The summed E-state index contributed by atoms with van der Waals surface area (Å²) in [7, 11) is 1.43. The lowest BCUT2D eigenvalue weighted by Gasteiger charge is -2.38. The number of benzene rings is 1. The van der Waals surface area contributed by atoms with Crippen LogP contribution in [0.4, 0.5) is 0 Å². The minimum absolute atomic E-state index is 0.0388. The minimum atomic E-state index is -0.266. The third-order valence-electron chi connectivity index (χ3n) is 4.86. The Balaban J connectivity index is 2.53. The number of methoxy groups -OCH3 is 1. The van der Waals surface area contributed by atoms with Crippen molar-refractivity contribution in [2.24, 2.45) is 5.73 Å². The minimum Gasteiger partial charge on any atom is -0.465 e. The Morgan fingerprint density at radius 3 is 2.45 bits per heavy atom. The van der Waals surface area contributed by atoms with Gasteiger partial charge in [-0.25, -0.2) is 4.79 Å². The molecule has 1 saturated carbocycles. The fourth-order valence-electron chi connectivity index (χ4n) is 3.46. The number of rotatable bonds is 3. The second-order valence-corrected chi connectivity index (χ2v) is 6.00. The van der Waals surface area contributed by atoms with E-state index in [1.54, 1.807) is 0 Å². The van der Waals surface area contributed by atoms with Gasteiger partial charge >= 0.3 is 5.97 Å². The molecule has 2 rings (SSSR count). The molecule has 3 nitrogen and oxygen atoms in total. The third kappa shape index (κ3) is 2.59. The van der Waals surface area contributed by atoms with E-state index in [-0.39, 0.29) is 11.4 Å². The van der Waals surface area contributed by atoms with Gasteiger partial charge in [0.15, 0.2) is 0 Å². The van der Waals surface area contributed by atoms with Crippen LogP contribution in [0.5, 0.6) is 0 Å². The zero-order valence-electron chi connectivity index (χ0n) is 12.8. The Morgan fingerprint density at radius 1 is 1.25 bits per heavy atom. The van der Waals surface area contributed by atoms with Gasteiger partial charge in [-0.3, -0.25) is 0 Å². The highest BCUT2D eigenvalue weighted by atomic mass is 16.5. The van der Waals surface area contributed by atoms with Crippen molar-refractivity contribution in [2.75, 3.05) is 13.7 Å². The Bertz CT molecular complexity index is 502. The molecule has 0 heterocycles. The monoisotopic (exact) mass is 275 g/mol. The average Bonchev–Trinajstić information content (AvgIpc) is 2.49. The summed E-state index contributed by atoms with van der Waals surface area (Å²) < 4.78 is 4.87. The highest BCUT2D eigenvalue weighted by Gasteiger charge is 2.34. The maximum Gasteiger partial charge on any atom is 0.337 e. The van der Waals surface area contributed by atoms with Crippen LogP contribution in [0.25, 0.3) is 0 Å². The molecule has 0 amide bonds. The zero-order valence-corrected chi connectivity index (χ0v) is 12.8. The van der Waals surface area contributed by atoms with Crippen molar-refractivity contribution in [3.8, 4) is 0 Å². The number of carbonyl (C=O) groups excluding carboxylic acids is 1. The first kappa shape index (κ1) is 15.0. The molecule has 0 spiro atoms. The van der Waals surface area contributed by atoms with Gasteiger partial charge in [-0.1, -0.05) is 19.3 Å². The zero-order chi connectivity index (χ0) is 14.8. The van der Waals surface area contributed by atoms with E-state index in [9.17, 15) is 4.79 Å². The van der Waals surface area contributed by atoms with Crippen molar-refractivity contribution in [2.45, 2.75) is 51.4 Å². The fourth-order valence-corrected chi connectivity index (χ4v) is 3.46. The van der Waals surface area contributed by atoms with E-state index in [2.05, 4.69) is 13.8 Å². The van der Waals surface area contributed by atoms with Crippen molar-refractivity contribution in [3.63, 3.8) is 0 Å². The molecule has 0 atom stereocenters. The largest absolute Gasteiger partial charge is 0.465 e. The summed E-state index contributed by atoms with van der Waals surface area (Å²) in [5.74, 6) is -0.266. The molecule has 0 unspecified atom stereocenters. The van der Waals surface area contributed by atoms with E-state index in [4.69, 9.17) is 10.5 Å². The predicted molar refractivity (Wildman–Crippen MR) is 81.1 cm³/mol. The van der Waals surface area contributed by atoms with E-state index in [0.29, 0.717) is 12.1 Å². The maximum atomic E-state index is 11.9. The van der Waals surface area contributed by atoms with Crippen molar-refractivity contribution in [3.05, 3.63) is 34.4 Å². The van der Waals surface area contributed by atoms with Crippen LogP contribution in [0.2, 0.25) is 0 Å². The quantitative estimate of drug-likeness (QED) is 0.861. The lowest BCUT2D eigenvalue weighted by molar-refractivity contribution is 0.0600. The van der Waals surface area contributed by atoms with Crippen LogP contribution in [-0.4, -0.2) is 19.6 Å². The number of nitrogens with two attached hydrogens (primary N) is 1. The standard InChI is InChI=1S/C17H25NO2/c1-12-9-14(16(19)20-3)10-15(13(12)2)17(11-18)7-5-4-6-8-17/h9-10H,4-8,11,18H2,1-3H3. The summed E-state index contributed by atoms with van der Waals surface area (Å²) in [6, 6.07) is 3.92. The van der Waals surface area contributed by atoms with Crippen molar-refractivity contribution >= 4 is 5.97 Å². The summed E-state index contributed by atoms with van der Waals surface area (Å²) in [6.45, 7) is 4.84. The summed E-state index contributed by atoms with van der Waals surface area (Å²) in [6.07, 6.45) is 5.97. The van der Waals surface area contributed by atoms with Gasteiger partial charge in [0.25, 0.3) is 0 Å². The molecule has 1 aliphatic rings. The van der Waals surface area contributed by atoms with E-state index in [1.165, 1.54) is 37.5 Å². The summed E-state index contributed by atoms with van der Waals surface area (Å²) in [5, 5.41) is 0. The molecule has 110 valence electrons. The van der Waals surface area contributed by atoms with E-state index >= 15 is 0 Å². The molecule has 1 aromatic carbocycles. The molecule has 0 aromatic heterocycles. The van der Waals surface area contributed by atoms with Gasteiger partial charge in [0.05, 0.1) is 12.7 Å².